The number of ketones is 1. The fourth-order valence-corrected chi connectivity index (χ4v) is 2.55. The number of thioether (sulfide) groups is 1. The van der Waals surface area contributed by atoms with Gasteiger partial charge in [0.25, 0.3) is 0 Å². The number of hydrogen-bond acceptors (Lipinski definition) is 2. The first-order chi connectivity index (χ1) is 6.15. The number of Topliss-reactive ketones (excluding diaryl/α,β-unsaturated/α-hetero) is 1. The van der Waals surface area contributed by atoms with Gasteiger partial charge >= 0.3 is 0 Å². The Kier molecular flexibility index (Phi) is 4.00. The molecule has 0 aliphatic carbocycles. The minimum absolute atomic E-state index is 0.0972. The van der Waals surface area contributed by atoms with Gasteiger partial charge in [-0.25, -0.2) is 0 Å². The second kappa shape index (κ2) is 4.82. The summed E-state index contributed by atoms with van der Waals surface area (Å²) >= 11 is 5.15. The SMILES string of the molecule is CCSc1ccc(C(C)=O)c(Br)c1. The summed E-state index contributed by atoms with van der Waals surface area (Å²) in [5, 5.41) is 0. The maximum Gasteiger partial charge on any atom is 0.160 e. The highest BCUT2D eigenvalue weighted by atomic mass is 79.9. The topological polar surface area (TPSA) is 17.1 Å². The van der Waals surface area contributed by atoms with E-state index in [0.717, 1.165) is 15.8 Å². The maximum absolute atomic E-state index is 11.1. The summed E-state index contributed by atoms with van der Waals surface area (Å²) in [7, 11) is 0. The van der Waals surface area contributed by atoms with Crippen molar-refractivity contribution in [2.45, 2.75) is 18.7 Å². The Bertz CT molecular complexity index is 323. The summed E-state index contributed by atoms with van der Waals surface area (Å²) in [4.78, 5) is 12.3. The first-order valence-corrected chi connectivity index (χ1v) is 5.86. The van der Waals surface area contributed by atoms with Crippen LogP contribution in [0.4, 0.5) is 0 Å². The largest absolute Gasteiger partial charge is 0.294 e. The number of rotatable bonds is 3. The van der Waals surface area contributed by atoms with E-state index in [2.05, 4.69) is 22.9 Å². The van der Waals surface area contributed by atoms with Gasteiger partial charge in [0.05, 0.1) is 0 Å². The van der Waals surface area contributed by atoms with Gasteiger partial charge in [-0.1, -0.05) is 22.9 Å². The van der Waals surface area contributed by atoms with Gasteiger partial charge in [0.1, 0.15) is 0 Å². The molecule has 0 saturated heterocycles. The van der Waals surface area contributed by atoms with Gasteiger partial charge in [-0.3, -0.25) is 4.79 Å². The molecule has 0 fully saturated rings. The lowest BCUT2D eigenvalue weighted by Crippen LogP contribution is -1.93. The van der Waals surface area contributed by atoms with E-state index in [-0.39, 0.29) is 5.78 Å². The maximum atomic E-state index is 11.1. The molecule has 0 radical (unpaired) electrons. The van der Waals surface area contributed by atoms with Crippen molar-refractivity contribution in [1.82, 2.24) is 0 Å². The summed E-state index contributed by atoms with van der Waals surface area (Å²) in [6.07, 6.45) is 0. The number of carbonyl (C=O) groups is 1. The van der Waals surface area contributed by atoms with Crippen molar-refractivity contribution in [3.8, 4) is 0 Å². The molecule has 0 unspecified atom stereocenters. The highest BCUT2D eigenvalue weighted by Gasteiger charge is 2.05. The standard InChI is InChI=1S/C10H11BrOS/c1-3-13-8-4-5-9(7(2)12)10(11)6-8/h4-6H,3H2,1-2H3. The Balaban J connectivity index is 2.98. The molecule has 0 bridgehead atoms. The molecule has 1 aromatic rings. The Morgan fingerprint density at radius 2 is 2.23 bits per heavy atom. The van der Waals surface area contributed by atoms with E-state index < -0.39 is 0 Å². The first kappa shape index (κ1) is 10.8. The monoisotopic (exact) mass is 258 g/mol. The third-order valence-corrected chi connectivity index (χ3v) is 3.16. The molecule has 3 heteroatoms. The Morgan fingerprint density at radius 1 is 1.54 bits per heavy atom. The molecule has 0 spiro atoms. The Morgan fingerprint density at radius 3 is 2.69 bits per heavy atom. The van der Waals surface area contributed by atoms with E-state index in [1.807, 2.05) is 18.2 Å². The van der Waals surface area contributed by atoms with E-state index in [0.29, 0.717) is 0 Å². The molecule has 0 heterocycles. The summed E-state index contributed by atoms with van der Waals surface area (Å²) in [5.74, 6) is 1.14. The minimum atomic E-state index is 0.0972. The van der Waals surface area contributed by atoms with Crippen molar-refractivity contribution >= 4 is 33.5 Å². The van der Waals surface area contributed by atoms with Gasteiger partial charge in [0, 0.05) is 14.9 Å². The number of hydrogen-bond donors (Lipinski definition) is 0. The zero-order valence-electron chi connectivity index (χ0n) is 7.63. The average Bonchev–Trinajstić information content (AvgIpc) is 2.04. The number of halogens is 1. The zero-order valence-corrected chi connectivity index (χ0v) is 10.0. The quantitative estimate of drug-likeness (QED) is 0.607. The highest BCUT2D eigenvalue weighted by molar-refractivity contribution is 9.10. The van der Waals surface area contributed by atoms with Crippen molar-refractivity contribution in [3.63, 3.8) is 0 Å². The van der Waals surface area contributed by atoms with Crippen molar-refractivity contribution in [2.75, 3.05) is 5.75 Å². The van der Waals surface area contributed by atoms with E-state index in [1.165, 1.54) is 4.90 Å². The van der Waals surface area contributed by atoms with Gasteiger partial charge < -0.3 is 0 Å². The van der Waals surface area contributed by atoms with E-state index in [9.17, 15) is 4.79 Å². The minimum Gasteiger partial charge on any atom is -0.294 e. The number of carbonyl (C=O) groups excluding carboxylic acids is 1. The zero-order chi connectivity index (χ0) is 9.84. The molecule has 0 saturated carbocycles. The predicted octanol–water partition coefficient (Wildman–Crippen LogP) is 3.76. The van der Waals surface area contributed by atoms with Gasteiger partial charge in [-0.15, -0.1) is 11.8 Å². The molecule has 0 aromatic heterocycles. The molecule has 1 rings (SSSR count). The van der Waals surface area contributed by atoms with Crippen molar-refractivity contribution in [1.29, 1.82) is 0 Å². The van der Waals surface area contributed by atoms with E-state index in [4.69, 9.17) is 0 Å². The van der Waals surface area contributed by atoms with Crippen molar-refractivity contribution in [2.24, 2.45) is 0 Å². The molecule has 0 amide bonds. The molecule has 1 nitrogen and oxygen atoms in total. The van der Waals surface area contributed by atoms with Gasteiger partial charge in [-0.05, 0) is 30.9 Å². The first-order valence-electron chi connectivity index (χ1n) is 4.08. The van der Waals surface area contributed by atoms with Crippen LogP contribution < -0.4 is 0 Å². The molecule has 0 aliphatic heterocycles. The van der Waals surface area contributed by atoms with Crippen LogP contribution in [0.25, 0.3) is 0 Å². The lowest BCUT2D eigenvalue weighted by Gasteiger charge is -2.02. The molecule has 13 heavy (non-hydrogen) atoms. The van der Waals surface area contributed by atoms with Crippen LogP contribution in [-0.2, 0) is 0 Å². The molecule has 0 aliphatic rings. The predicted molar refractivity (Wildman–Crippen MR) is 60.5 cm³/mol. The van der Waals surface area contributed by atoms with Gasteiger partial charge in [0.15, 0.2) is 5.78 Å². The number of benzene rings is 1. The van der Waals surface area contributed by atoms with Crippen LogP contribution in [0.2, 0.25) is 0 Å². The normalized spacial score (nSPS) is 10.1. The molecular weight excluding hydrogens is 248 g/mol. The lowest BCUT2D eigenvalue weighted by molar-refractivity contribution is 0.101. The molecule has 0 atom stereocenters. The summed E-state index contributed by atoms with van der Waals surface area (Å²) in [6.45, 7) is 3.68. The van der Waals surface area contributed by atoms with Crippen LogP contribution >= 0.6 is 27.7 Å². The molecule has 0 N–H and O–H groups in total. The molecular formula is C10H11BrOS. The third-order valence-electron chi connectivity index (χ3n) is 1.63. The smallest absolute Gasteiger partial charge is 0.160 e. The summed E-state index contributed by atoms with van der Waals surface area (Å²) in [6, 6.07) is 5.84. The second-order valence-corrected chi connectivity index (χ2v) is 4.82. The Labute approximate surface area is 91.0 Å². The van der Waals surface area contributed by atoms with Crippen molar-refractivity contribution in [3.05, 3.63) is 28.2 Å². The summed E-state index contributed by atoms with van der Waals surface area (Å²) < 4.78 is 0.887. The van der Waals surface area contributed by atoms with Crippen LogP contribution in [0.5, 0.6) is 0 Å². The van der Waals surface area contributed by atoms with Crippen LogP contribution in [0.15, 0.2) is 27.6 Å². The van der Waals surface area contributed by atoms with Gasteiger partial charge in [-0.2, -0.15) is 0 Å². The van der Waals surface area contributed by atoms with Crippen LogP contribution in [-0.4, -0.2) is 11.5 Å². The summed E-state index contributed by atoms with van der Waals surface area (Å²) in [5.41, 5.74) is 0.750. The lowest BCUT2D eigenvalue weighted by atomic mass is 10.2. The average molecular weight is 259 g/mol. The highest BCUT2D eigenvalue weighted by Crippen LogP contribution is 2.25. The fourth-order valence-electron chi connectivity index (χ4n) is 1.04. The Hall–Kier alpha value is -0.280. The van der Waals surface area contributed by atoms with Crippen molar-refractivity contribution < 1.29 is 4.79 Å². The van der Waals surface area contributed by atoms with E-state index >= 15 is 0 Å². The van der Waals surface area contributed by atoms with E-state index in [1.54, 1.807) is 18.7 Å². The van der Waals surface area contributed by atoms with Crippen LogP contribution in [0.3, 0.4) is 0 Å². The third kappa shape index (κ3) is 2.85. The van der Waals surface area contributed by atoms with Crippen LogP contribution in [0, 0.1) is 0 Å². The van der Waals surface area contributed by atoms with Gasteiger partial charge in [0.2, 0.25) is 0 Å². The fraction of sp³-hybridized carbons (Fsp3) is 0.300. The second-order valence-electron chi connectivity index (χ2n) is 2.63. The van der Waals surface area contributed by atoms with Crippen LogP contribution in [0.1, 0.15) is 24.2 Å². The molecule has 1 aromatic carbocycles. The molecule has 70 valence electrons.